The molecule has 2 aromatic heterocycles. The minimum atomic E-state index is -0.630. The van der Waals surface area contributed by atoms with Gasteiger partial charge in [0, 0.05) is 18.2 Å². The molecule has 34 heavy (non-hydrogen) atoms. The van der Waals surface area contributed by atoms with Crippen molar-refractivity contribution >= 4 is 17.6 Å². The number of fused-ring (bicyclic) bond motifs is 1. The number of aliphatic carboxylic acids is 1. The van der Waals surface area contributed by atoms with Crippen molar-refractivity contribution < 1.29 is 9.90 Å². The monoisotopic (exact) mass is 464 g/mol. The average Bonchev–Trinajstić information content (AvgIpc) is 3.63. The van der Waals surface area contributed by atoms with E-state index in [4.69, 9.17) is 10.8 Å². The van der Waals surface area contributed by atoms with Gasteiger partial charge in [-0.25, -0.2) is 4.52 Å². The third-order valence-electron chi connectivity index (χ3n) is 6.84. The second-order valence-electron chi connectivity index (χ2n) is 9.19. The topological polar surface area (TPSA) is 100.0 Å². The van der Waals surface area contributed by atoms with Crippen LogP contribution in [-0.2, 0) is 11.3 Å². The van der Waals surface area contributed by atoms with Crippen molar-refractivity contribution in [1.29, 1.82) is 0 Å². The number of anilines is 1. The Labute approximate surface area is 201 Å². The number of hydrogen-bond acceptors (Lipinski definition) is 6. The van der Waals surface area contributed by atoms with Crippen LogP contribution < -0.4 is 5.73 Å². The van der Waals surface area contributed by atoms with Crippen molar-refractivity contribution in [3.8, 4) is 11.3 Å². The van der Waals surface area contributed by atoms with Gasteiger partial charge in [0.1, 0.15) is 0 Å². The Morgan fingerprint density at radius 2 is 1.74 bits per heavy atom. The highest BCUT2D eigenvalue weighted by Gasteiger charge is 2.28. The zero-order chi connectivity index (χ0) is 24.1. The molecule has 3 aromatic rings. The van der Waals surface area contributed by atoms with Crippen molar-refractivity contribution in [2.24, 2.45) is 5.92 Å². The van der Waals surface area contributed by atoms with Crippen LogP contribution in [0.5, 0.6) is 0 Å². The van der Waals surface area contributed by atoms with E-state index in [0.29, 0.717) is 5.95 Å². The highest BCUT2D eigenvalue weighted by atomic mass is 16.4. The van der Waals surface area contributed by atoms with Crippen molar-refractivity contribution in [3.05, 3.63) is 48.0 Å². The third-order valence-corrected chi connectivity index (χ3v) is 6.84. The Morgan fingerprint density at radius 3 is 2.29 bits per heavy atom. The molecule has 0 unspecified atom stereocenters. The van der Waals surface area contributed by atoms with E-state index in [1.54, 1.807) is 0 Å². The molecule has 0 amide bonds. The Hall–Kier alpha value is -2.97. The molecule has 1 aliphatic heterocycles. The molecule has 8 nitrogen and oxygen atoms in total. The summed E-state index contributed by atoms with van der Waals surface area (Å²) in [6, 6.07) is 15.5. The molecule has 3 heterocycles. The molecule has 5 rings (SSSR count). The average molecular weight is 465 g/mol. The van der Waals surface area contributed by atoms with E-state index >= 15 is 0 Å². The zero-order valence-corrected chi connectivity index (χ0v) is 20.2. The third kappa shape index (κ3) is 5.93. The van der Waals surface area contributed by atoms with E-state index in [0.717, 1.165) is 55.4 Å². The largest absolute Gasteiger partial charge is 0.481 e. The molecule has 182 valence electrons. The number of carboxylic acid groups (broad SMARTS) is 1. The number of aromatic nitrogens is 3. The second-order valence-corrected chi connectivity index (χ2v) is 9.19. The SMILES string of the molecule is CCN(CC)C1CCN(Cc2ccc(-c3cccc4nc(N)nn34)cc2)CC1.O=C(O)C1CC1. The van der Waals surface area contributed by atoms with Crippen LogP contribution in [0.4, 0.5) is 5.95 Å². The fraction of sp³-hybridized carbons (Fsp3) is 0.500. The molecule has 1 saturated heterocycles. The summed E-state index contributed by atoms with van der Waals surface area (Å²) in [4.78, 5) is 19.2. The van der Waals surface area contributed by atoms with Gasteiger partial charge >= 0.3 is 5.97 Å². The summed E-state index contributed by atoms with van der Waals surface area (Å²) in [5.41, 5.74) is 10.0. The van der Waals surface area contributed by atoms with E-state index < -0.39 is 5.97 Å². The molecular weight excluding hydrogens is 428 g/mol. The van der Waals surface area contributed by atoms with Gasteiger partial charge in [-0.2, -0.15) is 4.98 Å². The summed E-state index contributed by atoms with van der Waals surface area (Å²) in [7, 11) is 0. The quantitative estimate of drug-likeness (QED) is 0.549. The Kier molecular flexibility index (Phi) is 7.80. The lowest BCUT2D eigenvalue weighted by Crippen LogP contribution is -2.44. The minimum Gasteiger partial charge on any atom is -0.481 e. The van der Waals surface area contributed by atoms with Crippen LogP contribution in [0.1, 0.15) is 45.1 Å². The summed E-state index contributed by atoms with van der Waals surface area (Å²) in [5.74, 6) is -0.308. The number of piperidine rings is 1. The standard InChI is InChI=1S/C22H30N6.C4H6O2/c1-3-27(4-2)19-12-14-26(15-13-19)16-17-8-10-18(11-9-17)20-6-5-7-21-24-22(23)25-28(20)21;5-4(6)3-1-2-3/h5-11,19H,3-4,12-16H2,1-2H3,(H2,23,25);3H,1-2H2,(H,5,6). The Morgan fingerprint density at radius 1 is 1.06 bits per heavy atom. The lowest BCUT2D eigenvalue weighted by molar-refractivity contribution is -0.138. The van der Waals surface area contributed by atoms with Crippen molar-refractivity contribution in [2.45, 2.75) is 52.1 Å². The van der Waals surface area contributed by atoms with Crippen molar-refractivity contribution in [3.63, 3.8) is 0 Å². The number of carboxylic acids is 1. The maximum absolute atomic E-state index is 9.76. The van der Waals surface area contributed by atoms with Crippen LogP contribution in [-0.4, -0.2) is 67.7 Å². The normalized spacial score (nSPS) is 17.0. The van der Waals surface area contributed by atoms with Crippen LogP contribution in [0.25, 0.3) is 16.9 Å². The summed E-state index contributed by atoms with van der Waals surface area (Å²) < 4.78 is 1.81. The van der Waals surface area contributed by atoms with E-state index in [1.807, 2.05) is 22.7 Å². The number of nitrogen functional groups attached to an aromatic ring is 1. The molecule has 3 N–H and O–H groups in total. The lowest BCUT2D eigenvalue weighted by Gasteiger charge is -2.37. The molecule has 2 aliphatic rings. The van der Waals surface area contributed by atoms with Crippen LogP contribution in [0.15, 0.2) is 42.5 Å². The smallest absolute Gasteiger partial charge is 0.306 e. The number of hydrogen-bond donors (Lipinski definition) is 2. The molecule has 0 atom stereocenters. The summed E-state index contributed by atoms with van der Waals surface area (Å²) in [6.45, 7) is 10.2. The molecule has 1 aromatic carbocycles. The van der Waals surface area contributed by atoms with Crippen LogP contribution in [0.3, 0.4) is 0 Å². The lowest BCUT2D eigenvalue weighted by atomic mass is 10.0. The Balaban J connectivity index is 0.000000398. The van der Waals surface area contributed by atoms with E-state index in [1.165, 1.54) is 31.5 Å². The number of rotatable bonds is 7. The molecule has 1 saturated carbocycles. The van der Waals surface area contributed by atoms with Gasteiger partial charge in [0.15, 0.2) is 5.65 Å². The summed E-state index contributed by atoms with van der Waals surface area (Å²) in [6.07, 6.45) is 4.34. The van der Waals surface area contributed by atoms with Gasteiger partial charge in [-0.15, -0.1) is 5.10 Å². The van der Waals surface area contributed by atoms with Gasteiger partial charge in [0.2, 0.25) is 5.95 Å². The number of carbonyl (C=O) groups is 1. The van der Waals surface area contributed by atoms with E-state index in [9.17, 15) is 4.79 Å². The first kappa shape index (κ1) is 24.2. The van der Waals surface area contributed by atoms with E-state index in [2.05, 4.69) is 58.0 Å². The molecule has 8 heteroatoms. The van der Waals surface area contributed by atoms with Crippen LogP contribution in [0.2, 0.25) is 0 Å². The molecule has 0 bridgehead atoms. The molecule has 0 radical (unpaired) electrons. The first-order valence-electron chi connectivity index (χ1n) is 12.4. The Bertz CT molecular complexity index is 1080. The van der Waals surface area contributed by atoms with Gasteiger partial charge in [0.25, 0.3) is 0 Å². The van der Waals surface area contributed by atoms with Gasteiger partial charge in [-0.3, -0.25) is 9.69 Å². The molecule has 0 spiro atoms. The van der Waals surface area contributed by atoms with Crippen LogP contribution >= 0.6 is 0 Å². The molecule has 1 aliphatic carbocycles. The van der Waals surface area contributed by atoms with Gasteiger partial charge in [0.05, 0.1) is 11.6 Å². The molecular formula is C26H36N6O2. The van der Waals surface area contributed by atoms with Gasteiger partial charge in [-0.1, -0.05) is 44.2 Å². The van der Waals surface area contributed by atoms with Crippen LogP contribution in [0, 0.1) is 5.92 Å². The predicted octanol–water partition coefficient (Wildman–Crippen LogP) is 3.77. The molecule has 2 fully saturated rings. The van der Waals surface area contributed by atoms with Gasteiger partial charge in [-0.05, 0) is 69.6 Å². The highest BCUT2D eigenvalue weighted by molar-refractivity contribution is 5.72. The van der Waals surface area contributed by atoms with Gasteiger partial charge < -0.3 is 15.7 Å². The number of likely N-dealkylation sites (tertiary alicyclic amines) is 1. The maximum atomic E-state index is 9.76. The number of nitrogens with zero attached hydrogens (tertiary/aromatic N) is 5. The fourth-order valence-electron chi connectivity index (χ4n) is 4.69. The maximum Gasteiger partial charge on any atom is 0.306 e. The van der Waals surface area contributed by atoms with Crippen molar-refractivity contribution in [1.82, 2.24) is 24.4 Å². The number of benzene rings is 1. The summed E-state index contributed by atoms with van der Waals surface area (Å²) >= 11 is 0. The first-order valence-corrected chi connectivity index (χ1v) is 12.4. The second kappa shape index (κ2) is 11.0. The first-order chi connectivity index (χ1) is 16.5. The van der Waals surface area contributed by atoms with Crippen molar-refractivity contribution in [2.75, 3.05) is 31.9 Å². The minimum absolute atomic E-state index is 0.0185. The zero-order valence-electron chi connectivity index (χ0n) is 20.2. The highest BCUT2D eigenvalue weighted by Crippen LogP contribution is 2.28. The summed E-state index contributed by atoms with van der Waals surface area (Å²) in [5, 5.41) is 12.4. The predicted molar refractivity (Wildman–Crippen MR) is 134 cm³/mol. The van der Waals surface area contributed by atoms with E-state index in [-0.39, 0.29) is 5.92 Å². The number of pyridine rings is 1. The fourth-order valence-corrected chi connectivity index (χ4v) is 4.69. The number of nitrogens with two attached hydrogens (primary N) is 1.